The highest BCUT2D eigenvalue weighted by Crippen LogP contribution is 2.51. The molecule has 1 N–H and O–H groups in total. The van der Waals surface area contributed by atoms with E-state index in [2.05, 4.69) is 12.1 Å². The average Bonchev–Trinajstić information content (AvgIpc) is 3.26. The van der Waals surface area contributed by atoms with Crippen molar-refractivity contribution in [3.05, 3.63) is 69.7 Å². The van der Waals surface area contributed by atoms with Gasteiger partial charge in [-0.15, -0.1) is 0 Å². The zero-order valence-electron chi connectivity index (χ0n) is 11.0. The van der Waals surface area contributed by atoms with Gasteiger partial charge in [0.2, 0.25) is 0 Å². The Bertz CT molecular complexity index is 606. The van der Waals surface area contributed by atoms with E-state index in [-0.39, 0.29) is 5.41 Å². The number of rotatable bonds is 4. The Labute approximate surface area is 129 Å². The summed E-state index contributed by atoms with van der Waals surface area (Å²) < 4.78 is 0. The molecule has 3 rings (SSSR count). The van der Waals surface area contributed by atoms with Crippen LogP contribution >= 0.6 is 23.2 Å². The molecule has 104 valence electrons. The molecule has 0 bridgehead atoms. The van der Waals surface area contributed by atoms with E-state index in [1.54, 1.807) is 6.07 Å². The van der Waals surface area contributed by atoms with Crippen LogP contribution in [0.2, 0.25) is 10.0 Å². The molecule has 1 unspecified atom stereocenters. The fourth-order valence-electron chi connectivity index (χ4n) is 2.83. The number of aliphatic hydroxyl groups is 1. The van der Waals surface area contributed by atoms with Gasteiger partial charge in [-0.1, -0.05) is 65.7 Å². The molecule has 1 saturated carbocycles. The third kappa shape index (κ3) is 2.46. The third-order valence-electron chi connectivity index (χ3n) is 4.22. The Kier molecular flexibility index (Phi) is 3.76. The van der Waals surface area contributed by atoms with Crippen molar-refractivity contribution in [1.82, 2.24) is 0 Å². The van der Waals surface area contributed by atoms with Gasteiger partial charge in [-0.05, 0) is 30.0 Å². The van der Waals surface area contributed by atoms with Crippen molar-refractivity contribution in [1.29, 1.82) is 0 Å². The lowest BCUT2D eigenvalue weighted by atomic mass is 9.86. The molecule has 1 atom stereocenters. The summed E-state index contributed by atoms with van der Waals surface area (Å²) in [5, 5.41) is 11.8. The van der Waals surface area contributed by atoms with Crippen LogP contribution in [0.3, 0.4) is 0 Å². The lowest BCUT2D eigenvalue weighted by Crippen LogP contribution is -2.28. The first-order valence-corrected chi connectivity index (χ1v) is 7.55. The van der Waals surface area contributed by atoms with Crippen LogP contribution in [0.5, 0.6) is 0 Å². The maximum Gasteiger partial charge on any atom is 0.0677 e. The van der Waals surface area contributed by atoms with Gasteiger partial charge in [-0.2, -0.15) is 0 Å². The predicted molar refractivity (Wildman–Crippen MR) is 83.5 cm³/mol. The van der Waals surface area contributed by atoms with E-state index in [0.29, 0.717) is 16.5 Å². The SMILES string of the molecule is OC(Cc1cccc(Cl)c1Cl)C1(c2ccccc2)CC1. The summed E-state index contributed by atoms with van der Waals surface area (Å²) in [6, 6.07) is 15.8. The van der Waals surface area contributed by atoms with Gasteiger partial charge in [0.1, 0.15) is 0 Å². The monoisotopic (exact) mass is 306 g/mol. The second kappa shape index (κ2) is 5.40. The predicted octanol–water partition coefficient (Wildman–Crippen LogP) is 4.63. The molecule has 0 aliphatic heterocycles. The minimum atomic E-state index is -0.430. The molecule has 1 nitrogen and oxygen atoms in total. The third-order valence-corrected chi connectivity index (χ3v) is 5.08. The van der Waals surface area contributed by atoms with Crippen LogP contribution in [0.15, 0.2) is 48.5 Å². The van der Waals surface area contributed by atoms with Gasteiger partial charge in [0, 0.05) is 11.8 Å². The van der Waals surface area contributed by atoms with E-state index in [9.17, 15) is 5.11 Å². The second-order valence-corrected chi connectivity index (χ2v) is 6.24. The van der Waals surface area contributed by atoms with Gasteiger partial charge in [0.25, 0.3) is 0 Å². The normalized spacial score (nSPS) is 17.8. The molecule has 20 heavy (non-hydrogen) atoms. The number of benzene rings is 2. The average molecular weight is 307 g/mol. The van der Waals surface area contributed by atoms with Gasteiger partial charge in [0.15, 0.2) is 0 Å². The first-order chi connectivity index (χ1) is 9.63. The molecule has 3 heteroatoms. The number of hydrogen-bond acceptors (Lipinski definition) is 1. The Balaban J connectivity index is 1.83. The quantitative estimate of drug-likeness (QED) is 0.873. The smallest absolute Gasteiger partial charge is 0.0677 e. The molecule has 1 fully saturated rings. The van der Waals surface area contributed by atoms with Gasteiger partial charge in [-0.3, -0.25) is 0 Å². The van der Waals surface area contributed by atoms with Crippen molar-refractivity contribution in [3.63, 3.8) is 0 Å². The first kappa shape index (κ1) is 13.9. The Morgan fingerprint density at radius 2 is 1.70 bits per heavy atom. The Hall–Kier alpha value is -1.02. The van der Waals surface area contributed by atoms with Crippen molar-refractivity contribution < 1.29 is 5.11 Å². The summed E-state index contributed by atoms with van der Waals surface area (Å²) in [6.45, 7) is 0. The van der Waals surface area contributed by atoms with Crippen molar-refractivity contribution in [2.24, 2.45) is 0 Å². The zero-order chi connectivity index (χ0) is 14.2. The van der Waals surface area contributed by atoms with Crippen LogP contribution in [-0.4, -0.2) is 11.2 Å². The van der Waals surface area contributed by atoms with E-state index in [1.165, 1.54) is 5.56 Å². The molecule has 1 aliphatic carbocycles. The molecule has 0 saturated heterocycles. The minimum Gasteiger partial charge on any atom is -0.392 e. The van der Waals surface area contributed by atoms with E-state index in [4.69, 9.17) is 23.2 Å². The van der Waals surface area contributed by atoms with E-state index < -0.39 is 6.10 Å². The van der Waals surface area contributed by atoms with Crippen molar-refractivity contribution in [2.75, 3.05) is 0 Å². The van der Waals surface area contributed by atoms with Gasteiger partial charge < -0.3 is 5.11 Å². The molecule has 2 aromatic carbocycles. The van der Waals surface area contributed by atoms with Crippen LogP contribution in [-0.2, 0) is 11.8 Å². The Morgan fingerprint density at radius 3 is 2.35 bits per heavy atom. The fraction of sp³-hybridized carbons (Fsp3) is 0.294. The van der Waals surface area contributed by atoms with E-state index in [1.807, 2.05) is 30.3 Å². The second-order valence-electron chi connectivity index (χ2n) is 5.46. The molecule has 1 aliphatic rings. The molecule has 0 spiro atoms. The van der Waals surface area contributed by atoms with E-state index >= 15 is 0 Å². The summed E-state index contributed by atoms with van der Waals surface area (Å²) in [4.78, 5) is 0. The highest BCUT2D eigenvalue weighted by molar-refractivity contribution is 6.42. The summed E-state index contributed by atoms with van der Waals surface area (Å²) in [7, 11) is 0. The van der Waals surface area contributed by atoms with Gasteiger partial charge in [0.05, 0.1) is 16.1 Å². The van der Waals surface area contributed by atoms with Gasteiger partial charge >= 0.3 is 0 Å². The van der Waals surface area contributed by atoms with Crippen molar-refractivity contribution in [2.45, 2.75) is 30.8 Å². The highest BCUT2D eigenvalue weighted by atomic mass is 35.5. The van der Waals surface area contributed by atoms with Crippen LogP contribution in [0.25, 0.3) is 0 Å². The van der Waals surface area contributed by atoms with Gasteiger partial charge in [-0.25, -0.2) is 0 Å². The summed E-state index contributed by atoms with van der Waals surface area (Å²) in [6.07, 6.45) is 2.15. The van der Waals surface area contributed by atoms with Crippen LogP contribution in [0.4, 0.5) is 0 Å². The largest absolute Gasteiger partial charge is 0.392 e. The standard InChI is InChI=1S/C17H16Cl2O/c18-14-8-4-5-12(16(14)19)11-15(20)17(9-10-17)13-6-2-1-3-7-13/h1-8,15,20H,9-11H2. The van der Waals surface area contributed by atoms with Crippen molar-refractivity contribution in [3.8, 4) is 0 Å². The highest BCUT2D eigenvalue weighted by Gasteiger charge is 2.50. The van der Waals surface area contributed by atoms with Crippen LogP contribution in [0.1, 0.15) is 24.0 Å². The number of aliphatic hydroxyl groups excluding tert-OH is 1. The van der Waals surface area contributed by atoms with Crippen LogP contribution in [0, 0.1) is 0 Å². The molecular weight excluding hydrogens is 291 g/mol. The molecular formula is C17H16Cl2O. The fourth-order valence-corrected chi connectivity index (χ4v) is 3.23. The summed E-state index contributed by atoms with van der Waals surface area (Å²) >= 11 is 12.2. The molecule has 0 aromatic heterocycles. The first-order valence-electron chi connectivity index (χ1n) is 6.80. The molecule has 2 aromatic rings. The Morgan fingerprint density at radius 1 is 1.00 bits per heavy atom. The number of hydrogen-bond donors (Lipinski definition) is 1. The lowest BCUT2D eigenvalue weighted by Gasteiger charge is -2.23. The summed E-state index contributed by atoms with van der Waals surface area (Å²) in [5.41, 5.74) is 2.02. The zero-order valence-corrected chi connectivity index (χ0v) is 12.5. The topological polar surface area (TPSA) is 20.2 Å². The minimum absolute atomic E-state index is 0.104. The number of halogens is 2. The molecule has 0 heterocycles. The summed E-state index contributed by atoms with van der Waals surface area (Å²) in [5.74, 6) is 0. The van der Waals surface area contributed by atoms with Crippen molar-refractivity contribution >= 4 is 23.2 Å². The van der Waals surface area contributed by atoms with Crippen LogP contribution < -0.4 is 0 Å². The maximum atomic E-state index is 10.7. The lowest BCUT2D eigenvalue weighted by molar-refractivity contribution is 0.131. The maximum absolute atomic E-state index is 10.7. The molecule has 0 amide bonds. The van der Waals surface area contributed by atoms with E-state index in [0.717, 1.165) is 18.4 Å². The molecule has 0 radical (unpaired) electrons.